The number of nitrogens with one attached hydrogen (secondary N) is 1. The lowest BCUT2D eigenvalue weighted by atomic mass is 10.1. The lowest BCUT2D eigenvalue weighted by molar-refractivity contribution is -0.127. The lowest BCUT2D eigenvalue weighted by Gasteiger charge is -2.13. The van der Waals surface area contributed by atoms with Gasteiger partial charge in [-0.25, -0.2) is 9.18 Å². The molecule has 1 heterocycles. The second-order valence-corrected chi connectivity index (χ2v) is 5.21. The van der Waals surface area contributed by atoms with Crippen LogP contribution in [0.25, 0.3) is 0 Å². The Labute approximate surface area is 127 Å². The molecule has 2 aromatic rings. The summed E-state index contributed by atoms with van der Waals surface area (Å²) < 4.78 is 13.7. The third-order valence-corrected chi connectivity index (χ3v) is 3.68. The molecule has 4 nitrogen and oxygen atoms in total. The third-order valence-electron chi connectivity index (χ3n) is 3.68. The van der Waals surface area contributed by atoms with Crippen molar-refractivity contribution >= 4 is 11.9 Å². The van der Waals surface area contributed by atoms with E-state index in [-0.39, 0.29) is 12.5 Å². The fourth-order valence-corrected chi connectivity index (χ4v) is 2.51. The molecule has 1 N–H and O–H groups in total. The quantitative estimate of drug-likeness (QED) is 0.882. The first kappa shape index (κ1) is 14.3. The van der Waals surface area contributed by atoms with E-state index < -0.39 is 17.9 Å². The van der Waals surface area contributed by atoms with Gasteiger partial charge in [0.25, 0.3) is 5.91 Å². The maximum absolute atomic E-state index is 13.7. The molecule has 0 saturated carbocycles. The van der Waals surface area contributed by atoms with Crippen molar-refractivity contribution in [3.8, 4) is 0 Å². The lowest BCUT2D eigenvalue weighted by Crippen LogP contribution is -2.32. The number of carbonyl (C=O) groups is 2. The zero-order valence-electron chi connectivity index (χ0n) is 11.8. The van der Waals surface area contributed by atoms with Gasteiger partial charge in [-0.2, -0.15) is 0 Å². The summed E-state index contributed by atoms with van der Waals surface area (Å²) in [5, 5.41) is 2.66. The molecular formula is C17H15FN2O2. The first-order valence-electron chi connectivity index (χ1n) is 7.04. The van der Waals surface area contributed by atoms with Crippen LogP contribution in [0, 0.1) is 5.82 Å². The number of amides is 3. The molecule has 5 heteroatoms. The zero-order valence-corrected chi connectivity index (χ0v) is 11.8. The number of carbonyl (C=O) groups excluding carboxylic acids is 2. The maximum Gasteiger partial charge on any atom is 0.325 e. The van der Waals surface area contributed by atoms with Crippen LogP contribution in [0.15, 0.2) is 54.6 Å². The van der Waals surface area contributed by atoms with Gasteiger partial charge in [0.1, 0.15) is 11.9 Å². The molecule has 112 valence electrons. The highest BCUT2D eigenvalue weighted by Gasteiger charge is 2.38. The second kappa shape index (κ2) is 5.97. The van der Waals surface area contributed by atoms with Gasteiger partial charge in [0, 0.05) is 12.0 Å². The summed E-state index contributed by atoms with van der Waals surface area (Å²) in [6.45, 7) is -0.0529. The number of halogens is 1. The monoisotopic (exact) mass is 298 g/mol. The molecule has 0 aliphatic carbocycles. The Hall–Kier alpha value is -2.69. The summed E-state index contributed by atoms with van der Waals surface area (Å²) in [5.41, 5.74) is 1.29. The first-order valence-corrected chi connectivity index (χ1v) is 7.04. The summed E-state index contributed by atoms with van der Waals surface area (Å²) in [4.78, 5) is 25.4. The van der Waals surface area contributed by atoms with Crippen LogP contribution in [-0.2, 0) is 17.8 Å². The van der Waals surface area contributed by atoms with E-state index in [0.29, 0.717) is 12.0 Å². The van der Waals surface area contributed by atoms with Crippen molar-refractivity contribution in [3.63, 3.8) is 0 Å². The minimum atomic E-state index is -0.596. The van der Waals surface area contributed by atoms with Gasteiger partial charge >= 0.3 is 6.03 Å². The van der Waals surface area contributed by atoms with Crippen molar-refractivity contribution < 1.29 is 14.0 Å². The van der Waals surface area contributed by atoms with Crippen LogP contribution in [-0.4, -0.2) is 22.9 Å². The van der Waals surface area contributed by atoms with Crippen LogP contribution >= 0.6 is 0 Å². The van der Waals surface area contributed by atoms with Gasteiger partial charge < -0.3 is 5.32 Å². The average Bonchev–Trinajstić information content (AvgIpc) is 2.78. The molecule has 2 aromatic carbocycles. The van der Waals surface area contributed by atoms with Gasteiger partial charge in [0.05, 0.1) is 6.54 Å². The Balaban J connectivity index is 1.73. The van der Waals surface area contributed by atoms with Gasteiger partial charge in [-0.05, 0) is 11.6 Å². The van der Waals surface area contributed by atoms with E-state index in [4.69, 9.17) is 0 Å². The summed E-state index contributed by atoms with van der Waals surface area (Å²) in [7, 11) is 0. The Morgan fingerprint density at radius 1 is 1.00 bits per heavy atom. The second-order valence-electron chi connectivity index (χ2n) is 5.21. The Morgan fingerprint density at radius 3 is 2.41 bits per heavy atom. The number of rotatable bonds is 4. The van der Waals surface area contributed by atoms with Gasteiger partial charge in [-0.1, -0.05) is 48.5 Å². The highest BCUT2D eigenvalue weighted by Crippen LogP contribution is 2.17. The fourth-order valence-electron chi connectivity index (χ4n) is 2.51. The molecule has 1 atom stereocenters. The third kappa shape index (κ3) is 2.83. The van der Waals surface area contributed by atoms with E-state index in [1.165, 1.54) is 6.07 Å². The van der Waals surface area contributed by atoms with Gasteiger partial charge in [-0.15, -0.1) is 0 Å². The topological polar surface area (TPSA) is 49.4 Å². The number of hydrogen-bond donors (Lipinski definition) is 1. The van der Waals surface area contributed by atoms with Crippen LogP contribution in [0.3, 0.4) is 0 Å². The minimum Gasteiger partial charge on any atom is -0.325 e. The van der Waals surface area contributed by atoms with Crippen LogP contribution in [0.5, 0.6) is 0 Å². The summed E-state index contributed by atoms with van der Waals surface area (Å²) in [6.07, 6.45) is 0.430. The Bertz CT molecular complexity index is 703. The van der Waals surface area contributed by atoms with Crippen molar-refractivity contribution in [2.24, 2.45) is 0 Å². The van der Waals surface area contributed by atoms with E-state index in [1.807, 2.05) is 30.3 Å². The van der Waals surface area contributed by atoms with Gasteiger partial charge in [0.15, 0.2) is 0 Å². The predicted molar refractivity (Wildman–Crippen MR) is 79.4 cm³/mol. The molecule has 0 bridgehead atoms. The van der Waals surface area contributed by atoms with Crippen LogP contribution in [0.2, 0.25) is 0 Å². The molecule has 0 spiro atoms. The number of benzene rings is 2. The molecule has 3 amide bonds. The summed E-state index contributed by atoms with van der Waals surface area (Å²) >= 11 is 0. The first-order chi connectivity index (χ1) is 10.6. The summed E-state index contributed by atoms with van der Waals surface area (Å²) in [5.74, 6) is -0.744. The van der Waals surface area contributed by atoms with E-state index in [2.05, 4.69) is 5.32 Å². The van der Waals surface area contributed by atoms with E-state index >= 15 is 0 Å². The van der Waals surface area contributed by atoms with Crippen LogP contribution in [0.1, 0.15) is 11.1 Å². The standard InChI is InChI=1S/C17H15FN2O2/c18-14-9-5-4-8-13(14)11-20-16(21)15(19-17(20)22)10-12-6-2-1-3-7-12/h1-9,15H,10-11H2,(H,19,22)/t15-/m0/s1. The molecule has 1 aliphatic heterocycles. The van der Waals surface area contributed by atoms with Gasteiger partial charge in [0.2, 0.25) is 0 Å². The summed E-state index contributed by atoms with van der Waals surface area (Å²) in [6, 6.07) is 14.5. The van der Waals surface area contributed by atoms with Crippen molar-refractivity contribution in [1.82, 2.24) is 10.2 Å². The minimum absolute atomic E-state index is 0.0529. The molecule has 3 rings (SSSR count). The van der Waals surface area contributed by atoms with E-state index in [1.54, 1.807) is 18.2 Å². The normalized spacial score (nSPS) is 17.7. The van der Waals surface area contributed by atoms with Crippen molar-refractivity contribution in [1.29, 1.82) is 0 Å². The van der Waals surface area contributed by atoms with Crippen molar-refractivity contribution in [2.45, 2.75) is 19.0 Å². The highest BCUT2D eigenvalue weighted by molar-refractivity contribution is 6.04. The number of imide groups is 1. The SMILES string of the molecule is O=C1N[C@@H](Cc2ccccc2)C(=O)N1Cc1ccccc1F. The number of urea groups is 1. The average molecular weight is 298 g/mol. The van der Waals surface area contributed by atoms with Crippen LogP contribution in [0.4, 0.5) is 9.18 Å². The van der Waals surface area contributed by atoms with Crippen LogP contribution < -0.4 is 5.32 Å². The largest absolute Gasteiger partial charge is 0.325 e. The highest BCUT2D eigenvalue weighted by atomic mass is 19.1. The maximum atomic E-state index is 13.7. The fraction of sp³-hybridized carbons (Fsp3) is 0.176. The Morgan fingerprint density at radius 2 is 1.68 bits per heavy atom. The van der Waals surface area contributed by atoms with E-state index in [0.717, 1.165) is 10.5 Å². The molecule has 1 fully saturated rings. The Kier molecular flexibility index (Phi) is 3.87. The molecule has 1 aliphatic rings. The smallest absolute Gasteiger partial charge is 0.325 e. The number of hydrogen-bond acceptors (Lipinski definition) is 2. The molecule has 0 radical (unpaired) electrons. The molecular weight excluding hydrogens is 283 g/mol. The van der Waals surface area contributed by atoms with Crippen molar-refractivity contribution in [3.05, 3.63) is 71.5 Å². The molecule has 0 aromatic heterocycles. The number of nitrogens with zero attached hydrogens (tertiary/aromatic N) is 1. The zero-order chi connectivity index (χ0) is 15.5. The predicted octanol–water partition coefficient (Wildman–Crippen LogP) is 2.49. The molecule has 0 unspecified atom stereocenters. The van der Waals surface area contributed by atoms with Gasteiger partial charge in [-0.3, -0.25) is 9.69 Å². The van der Waals surface area contributed by atoms with Crippen molar-refractivity contribution in [2.75, 3.05) is 0 Å². The molecule has 1 saturated heterocycles. The van der Waals surface area contributed by atoms with E-state index in [9.17, 15) is 14.0 Å². The molecule has 22 heavy (non-hydrogen) atoms.